The molecular formula is C17H25N3O2. The van der Waals surface area contributed by atoms with Crippen molar-refractivity contribution in [2.75, 3.05) is 24.5 Å². The smallest absolute Gasteiger partial charge is 0.255 e. The Morgan fingerprint density at radius 2 is 1.95 bits per heavy atom. The molecule has 120 valence electrons. The van der Waals surface area contributed by atoms with E-state index in [1.54, 1.807) is 24.9 Å². The molecule has 1 N–H and O–H groups in total. The van der Waals surface area contributed by atoms with E-state index in [0.717, 1.165) is 31.7 Å². The molecular weight excluding hydrogens is 278 g/mol. The lowest BCUT2D eigenvalue weighted by molar-refractivity contribution is 0.000320. The van der Waals surface area contributed by atoms with Crippen LogP contribution in [0.2, 0.25) is 0 Å². The number of rotatable bonds is 3. The van der Waals surface area contributed by atoms with Gasteiger partial charge in [0.15, 0.2) is 0 Å². The Kier molecular flexibility index (Phi) is 4.08. The summed E-state index contributed by atoms with van der Waals surface area (Å²) in [5.74, 6) is 0.930. The van der Waals surface area contributed by atoms with E-state index in [1.165, 1.54) is 12.8 Å². The maximum atomic E-state index is 12.7. The number of carbonyl (C=O) groups is 1. The molecule has 2 saturated heterocycles. The van der Waals surface area contributed by atoms with Crippen LogP contribution in [0.3, 0.4) is 0 Å². The number of hydrogen-bond acceptors (Lipinski definition) is 4. The average Bonchev–Trinajstić information content (AvgIpc) is 3.17. The van der Waals surface area contributed by atoms with Gasteiger partial charge in [0.05, 0.1) is 17.2 Å². The lowest BCUT2D eigenvalue weighted by Gasteiger charge is -2.33. The maximum Gasteiger partial charge on any atom is 0.255 e. The molecule has 0 aliphatic carbocycles. The summed E-state index contributed by atoms with van der Waals surface area (Å²) in [7, 11) is 0. The Labute approximate surface area is 131 Å². The molecule has 2 aliphatic rings. The van der Waals surface area contributed by atoms with E-state index in [9.17, 15) is 9.90 Å². The summed E-state index contributed by atoms with van der Waals surface area (Å²) >= 11 is 0. The first-order valence-electron chi connectivity index (χ1n) is 8.21. The predicted octanol–water partition coefficient (Wildman–Crippen LogP) is 2.06. The van der Waals surface area contributed by atoms with Gasteiger partial charge in [0.2, 0.25) is 0 Å². The Morgan fingerprint density at radius 1 is 1.23 bits per heavy atom. The van der Waals surface area contributed by atoms with Crippen molar-refractivity contribution in [3.8, 4) is 0 Å². The standard InChI is InChI=1S/C17H25N3O2/c1-17(2,22)14-6-5-11-20(14)16(21)13-7-8-15(18-12-13)19-9-3-4-10-19/h7-8,12,14,22H,3-6,9-11H2,1-2H3. The summed E-state index contributed by atoms with van der Waals surface area (Å²) in [5, 5.41) is 10.3. The quantitative estimate of drug-likeness (QED) is 0.928. The van der Waals surface area contributed by atoms with Gasteiger partial charge >= 0.3 is 0 Å². The summed E-state index contributed by atoms with van der Waals surface area (Å²) < 4.78 is 0. The van der Waals surface area contributed by atoms with Crippen molar-refractivity contribution < 1.29 is 9.90 Å². The molecule has 5 heteroatoms. The SMILES string of the molecule is CC(C)(O)C1CCCN1C(=O)c1ccc(N2CCCC2)nc1. The fourth-order valence-electron chi connectivity index (χ4n) is 3.56. The molecule has 1 aromatic heterocycles. The minimum absolute atomic E-state index is 0.0231. The summed E-state index contributed by atoms with van der Waals surface area (Å²) in [4.78, 5) is 21.2. The Morgan fingerprint density at radius 3 is 2.55 bits per heavy atom. The molecule has 0 spiro atoms. The molecule has 22 heavy (non-hydrogen) atoms. The number of aliphatic hydroxyl groups is 1. The van der Waals surface area contributed by atoms with Crippen molar-refractivity contribution in [2.24, 2.45) is 0 Å². The summed E-state index contributed by atoms with van der Waals surface area (Å²) in [6.45, 7) is 6.36. The van der Waals surface area contributed by atoms with Gasteiger partial charge in [-0.3, -0.25) is 4.79 Å². The van der Waals surface area contributed by atoms with Gasteiger partial charge in [-0.05, 0) is 51.7 Å². The second-order valence-corrected chi connectivity index (χ2v) is 6.91. The zero-order chi connectivity index (χ0) is 15.7. The molecule has 3 heterocycles. The number of aromatic nitrogens is 1. The van der Waals surface area contributed by atoms with Gasteiger partial charge in [0, 0.05) is 25.8 Å². The minimum atomic E-state index is -0.866. The first-order valence-corrected chi connectivity index (χ1v) is 8.21. The average molecular weight is 303 g/mol. The van der Waals surface area contributed by atoms with E-state index in [4.69, 9.17) is 0 Å². The normalized spacial score (nSPS) is 22.4. The van der Waals surface area contributed by atoms with Gasteiger partial charge in [-0.15, -0.1) is 0 Å². The van der Waals surface area contributed by atoms with E-state index in [-0.39, 0.29) is 11.9 Å². The third kappa shape index (κ3) is 2.95. The minimum Gasteiger partial charge on any atom is -0.388 e. The molecule has 0 bridgehead atoms. The summed E-state index contributed by atoms with van der Waals surface area (Å²) in [6.07, 6.45) is 5.90. The fourth-order valence-corrected chi connectivity index (χ4v) is 3.56. The van der Waals surface area contributed by atoms with E-state index >= 15 is 0 Å². The van der Waals surface area contributed by atoms with Gasteiger partial charge in [-0.1, -0.05) is 0 Å². The van der Waals surface area contributed by atoms with E-state index in [0.29, 0.717) is 12.1 Å². The fraction of sp³-hybridized carbons (Fsp3) is 0.647. The second-order valence-electron chi connectivity index (χ2n) is 6.91. The van der Waals surface area contributed by atoms with Gasteiger partial charge in [0.1, 0.15) is 5.82 Å². The van der Waals surface area contributed by atoms with Crippen LogP contribution in [-0.4, -0.2) is 52.2 Å². The lowest BCUT2D eigenvalue weighted by Crippen LogP contribution is -2.48. The molecule has 0 aromatic carbocycles. The van der Waals surface area contributed by atoms with Crippen molar-refractivity contribution in [3.63, 3.8) is 0 Å². The number of amides is 1. The van der Waals surface area contributed by atoms with Crippen LogP contribution in [0.25, 0.3) is 0 Å². The predicted molar refractivity (Wildman–Crippen MR) is 86.0 cm³/mol. The van der Waals surface area contributed by atoms with Gasteiger partial charge < -0.3 is 14.9 Å². The van der Waals surface area contributed by atoms with Crippen molar-refractivity contribution in [3.05, 3.63) is 23.9 Å². The first-order chi connectivity index (χ1) is 10.5. The molecule has 3 rings (SSSR count). The Hall–Kier alpha value is -1.62. The van der Waals surface area contributed by atoms with Gasteiger partial charge in [0.25, 0.3) is 5.91 Å². The number of hydrogen-bond donors (Lipinski definition) is 1. The van der Waals surface area contributed by atoms with Crippen molar-refractivity contribution >= 4 is 11.7 Å². The summed E-state index contributed by atoms with van der Waals surface area (Å²) in [6, 6.07) is 3.69. The first kappa shape index (κ1) is 15.3. The molecule has 2 fully saturated rings. The second kappa shape index (κ2) is 5.88. The van der Waals surface area contributed by atoms with E-state index in [2.05, 4.69) is 9.88 Å². The van der Waals surface area contributed by atoms with Crippen LogP contribution in [0.4, 0.5) is 5.82 Å². The molecule has 0 radical (unpaired) electrons. The topological polar surface area (TPSA) is 56.7 Å². The number of likely N-dealkylation sites (tertiary alicyclic amines) is 1. The van der Waals surface area contributed by atoms with Crippen LogP contribution in [-0.2, 0) is 0 Å². The molecule has 1 atom stereocenters. The number of anilines is 1. The van der Waals surface area contributed by atoms with Crippen LogP contribution in [0, 0.1) is 0 Å². The lowest BCUT2D eigenvalue weighted by atomic mass is 9.96. The van der Waals surface area contributed by atoms with Crippen LogP contribution in [0.15, 0.2) is 18.3 Å². The highest BCUT2D eigenvalue weighted by Gasteiger charge is 2.38. The van der Waals surface area contributed by atoms with Crippen molar-refractivity contribution in [1.29, 1.82) is 0 Å². The highest BCUT2D eigenvalue weighted by molar-refractivity contribution is 5.94. The van der Waals surface area contributed by atoms with Crippen molar-refractivity contribution in [2.45, 2.75) is 51.2 Å². The van der Waals surface area contributed by atoms with Crippen LogP contribution in [0.1, 0.15) is 49.9 Å². The zero-order valence-corrected chi connectivity index (χ0v) is 13.5. The third-order valence-corrected chi connectivity index (χ3v) is 4.75. The molecule has 0 saturated carbocycles. The molecule has 1 unspecified atom stereocenters. The van der Waals surface area contributed by atoms with E-state index < -0.39 is 5.60 Å². The highest BCUT2D eigenvalue weighted by atomic mass is 16.3. The Bertz CT molecular complexity index is 530. The molecule has 2 aliphatic heterocycles. The Balaban J connectivity index is 1.74. The largest absolute Gasteiger partial charge is 0.388 e. The van der Waals surface area contributed by atoms with Crippen LogP contribution >= 0.6 is 0 Å². The van der Waals surface area contributed by atoms with Crippen molar-refractivity contribution in [1.82, 2.24) is 9.88 Å². The number of nitrogens with zero attached hydrogens (tertiary/aromatic N) is 3. The molecule has 1 aromatic rings. The zero-order valence-electron chi connectivity index (χ0n) is 13.5. The number of pyridine rings is 1. The molecule has 5 nitrogen and oxygen atoms in total. The van der Waals surface area contributed by atoms with Crippen LogP contribution < -0.4 is 4.90 Å². The monoisotopic (exact) mass is 303 g/mol. The third-order valence-electron chi connectivity index (χ3n) is 4.75. The van der Waals surface area contributed by atoms with Crippen LogP contribution in [0.5, 0.6) is 0 Å². The van der Waals surface area contributed by atoms with Gasteiger partial charge in [-0.25, -0.2) is 4.98 Å². The van der Waals surface area contributed by atoms with Gasteiger partial charge in [-0.2, -0.15) is 0 Å². The highest BCUT2D eigenvalue weighted by Crippen LogP contribution is 2.28. The maximum absolute atomic E-state index is 12.7. The molecule has 1 amide bonds. The van der Waals surface area contributed by atoms with E-state index in [1.807, 2.05) is 12.1 Å². The number of carbonyl (C=O) groups excluding carboxylic acids is 1. The summed E-state index contributed by atoms with van der Waals surface area (Å²) in [5.41, 5.74) is -0.256.